The molecule has 7 heteroatoms. The molecule has 4 aromatic rings. The predicted molar refractivity (Wildman–Crippen MR) is 139 cm³/mol. The fraction of sp³-hybridized carbons (Fsp3) is 0.321. The third-order valence-corrected chi connectivity index (χ3v) is 6.71. The van der Waals surface area contributed by atoms with Crippen LogP contribution in [-0.4, -0.2) is 32.6 Å². The van der Waals surface area contributed by atoms with Gasteiger partial charge in [0.2, 0.25) is 0 Å². The summed E-state index contributed by atoms with van der Waals surface area (Å²) in [6, 6.07) is 20.4. The quantitative estimate of drug-likeness (QED) is 0.352. The van der Waals surface area contributed by atoms with Crippen molar-refractivity contribution in [3.8, 4) is 11.1 Å². The van der Waals surface area contributed by atoms with Gasteiger partial charge in [-0.1, -0.05) is 49.7 Å². The Balaban J connectivity index is 1.19. The summed E-state index contributed by atoms with van der Waals surface area (Å²) in [7, 11) is 0. The molecule has 1 fully saturated rings. The van der Waals surface area contributed by atoms with Crippen LogP contribution < -0.4 is 16.4 Å². The number of carbonyl (C=O) groups is 1. The molecule has 2 atom stereocenters. The number of carbonyl (C=O) groups excluding carboxylic acids is 1. The van der Waals surface area contributed by atoms with E-state index >= 15 is 0 Å². The largest absolute Gasteiger partial charge is 0.367 e. The van der Waals surface area contributed by atoms with Gasteiger partial charge in [-0.3, -0.25) is 4.79 Å². The van der Waals surface area contributed by atoms with Gasteiger partial charge in [-0.05, 0) is 54.5 Å². The molecule has 1 aliphatic rings. The first-order chi connectivity index (χ1) is 17.1. The van der Waals surface area contributed by atoms with Crippen molar-refractivity contribution in [3.05, 3.63) is 83.7 Å². The lowest BCUT2D eigenvalue weighted by Crippen LogP contribution is -2.34. The molecular formula is C28H32N6O. The van der Waals surface area contributed by atoms with E-state index in [1.54, 1.807) is 6.20 Å². The Morgan fingerprint density at radius 2 is 1.74 bits per heavy atom. The lowest BCUT2D eigenvalue weighted by atomic mass is 10.0. The zero-order valence-corrected chi connectivity index (χ0v) is 20.1. The van der Waals surface area contributed by atoms with Crippen molar-refractivity contribution in [2.45, 2.75) is 57.7 Å². The molecule has 0 aliphatic heterocycles. The molecule has 0 bridgehead atoms. The second kappa shape index (κ2) is 10.3. The maximum Gasteiger partial charge on any atom is 0.251 e. The lowest BCUT2D eigenvalue weighted by molar-refractivity contribution is 0.0938. The van der Waals surface area contributed by atoms with Crippen molar-refractivity contribution in [2.75, 3.05) is 5.32 Å². The molecule has 2 unspecified atom stereocenters. The lowest BCUT2D eigenvalue weighted by Gasteiger charge is -2.17. The maximum atomic E-state index is 12.9. The number of benzene rings is 2. The summed E-state index contributed by atoms with van der Waals surface area (Å²) in [5, 5.41) is 11.3. The number of amides is 1. The number of nitrogens with two attached hydrogens (primary N) is 1. The van der Waals surface area contributed by atoms with Gasteiger partial charge in [0.15, 0.2) is 5.65 Å². The molecule has 0 spiro atoms. The van der Waals surface area contributed by atoms with Crippen LogP contribution in [0.3, 0.4) is 0 Å². The van der Waals surface area contributed by atoms with E-state index in [4.69, 9.17) is 5.73 Å². The topological polar surface area (TPSA) is 97.3 Å². The van der Waals surface area contributed by atoms with Crippen LogP contribution in [0.2, 0.25) is 0 Å². The van der Waals surface area contributed by atoms with Gasteiger partial charge in [-0.25, -0.2) is 4.98 Å². The molecule has 35 heavy (non-hydrogen) atoms. The standard InChI is InChI=1S/C28H32N6O/c1-2-3-23-17-27(34-26(31-23)14-15-30-34)32-24-12-13-25(16-24)33-28(35)22-10-8-21(9-11-22)20-6-4-19(18-29)5-7-20/h4-11,14-15,17,24-25,32H,2-3,12-13,16,18,29H2,1H3,(H,33,35). The Morgan fingerprint density at radius 3 is 2.46 bits per heavy atom. The van der Waals surface area contributed by atoms with Crippen molar-refractivity contribution >= 4 is 17.4 Å². The maximum absolute atomic E-state index is 12.9. The summed E-state index contributed by atoms with van der Waals surface area (Å²) >= 11 is 0. The van der Waals surface area contributed by atoms with E-state index in [9.17, 15) is 4.79 Å². The van der Waals surface area contributed by atoms with Crippen LogP contribution in [0.1, 0.15) is 54.2 Å². The summed E-state index contributed by atoms with van der Waals surface area (Å²) in [5.41, 5.74) is 11.6. The minimum absolute atomic E-state index is 0.0238. The van der Waals surface area contributed by atoms with Gasteiger partial charge in [-0.15, -0.1) is 0 Å². The Labute approximate surface area is 205 Å². The molecule has 1 aliphatic carbocycles. The van der Waals surface area contributed by atoms with Crippen LogP contribution in [0.4, 0.5) is 5.82 Å². The van der Waals surface area contributed by atoms with Gasteiger partial charge >= 0.3 is 0 Å². The van der Waals surface area contributed by atoms with Gasteiger partial charge in [0.25, 0.3) is 5.91 Å². The van der Waals surface area contributed by atoms with Crippen LogP contribution in [-0.2, 0) is 13.0 Å². The van der Waals surface area contributed by atoms with Crippen molar-refractivity contribution in [1.82, 2.24) is 19.9 Å². The highest BCUT2D eigenvalue weighted by molar-refractivity contribution is 5.94. The first-order valence-electron chi connectivity index (χ1n) is 12.4. The Kier molecular flexibility index (Phi) is 6.77. The van der Waals surface area contributed by atoms with Gasteiger partial charge in [0.05, 0.1) is 6.20 Å². The molecule has 180 valence electrons. The number of aryl methyl sites for hydroxylation is 1. The van der Waals surface area contributed by atoms with E-state index in [1.807, 2.05) is 47.0 Å². The first-order valence-corrected chi connectivity index (χ1v) is 12.4. The number of rotatable bonds is 8. The summed E-state index contributed by atoms with van der Waals surface area (Å²) < 4.78 is 1.86. The molecule has 7 nitrogen and oxygen atoms in total. The fourth-order valence-electron chi connectivity index (χ4n) is 4.82. The number of fused-ring (bicyclic) bond motifs is 1. The minimum atomic E-state index is -0.0238. The van der Waals surface area contributed by atoms with Crippen molar-refractivity contribution in [1.29, 1.82) is 0 Å². The number of aromatic nitrogens is 3. The zero-order valence-electron chi connectivity index (χ0n) is 20.1. The van der Waals surface area contributed by atoms with Gasteiger partial charge < -0.3 is 16.4 Å². The predicted octanol–water partition coefficient (Wildman–Crippen LogP) is 4.57. The van der Waals surface area contributed by atoms with Crippen LogP contribution in [0.5, 0.6) is 0 Å². The highest BCUT2D eigenvalue weighted by Gasteiger charge is 2.27. The smallest absolute Gasteiger partial charge is 0.251 e. The minimum Gasteiger partial charge on any atom is -0.367 e. The molecule has 0 saturated heterocycles. The monoisotopic (exact) mass is 468 g/mol. The molecule has 4 N–H and O–H groups in total. The van der Waals surface area contributed by atoms with Crippen molar-refractivity contribution in [3.63, 3.8) is 0 Å². The number of hydrogen-bond acceptors (Lipinski definition) is 5. The SMILES string of the molecule is CCCc1cc(NC2CCC(NC(=O)c3ccc(-c4ccc(CN)cc4)cc3)C2)n2nccc2n1. The van der Waals surface area contributed by atoms with Gasteiger partial charge in [0, 0.05) is 42.0 Å². The Bertz CT molecular complexity index is 1300. The molecule has 2 aromatic carbocycles. The zero-order chi connectivity index (χ0) is 24.2. The first kappa shape index (κ1) is 23.1. The molecule has 2 aromatic heterocycles. The van der Waals surface area contributed by atoms with Crippen LogP contribution in [0.25, 0.3) is 16.8 Å². The summed E-state index contributed by atoms with van der Waals surface area (Å²) in [5.74, 6) is 0.944. The third-order valence-electron chi connectivity index (χ3n) is 6.71. The van der Waals surface area contributed by atoms with E-state index in [-0.39, 0.29) is 18.0 Å². The molecule has 1 amide bonds. The second-order valence-electron chi connectivity index (χ2n) is 9.29. The molecular weight excluding hydrogens is 436 g/mol. The molecule has 2 heterocycles. The normalized spacial score (nSPS) is 17.5. The van der Waals surface area contributed by atoms with Crippen LogP contribution in [0.15, 0.2) is 66.9 Å². The molecule has 1 saturated carbocycles. The number of anilines is 1. The Hall–Kier alpha value is -3.71. The average molecular weight is 469 g/mol. The van der Waals surface area contributed by atoms with Crippen LogP contribution >= 0.6 is 0 Å². The fourth-order valence-corrected chi connectivity index (χ4v) is 4.82. The molecule has 5 rings (SSSR count). The van der Waals surface area contributed by atoms with E-state index in [2.05, 4.69) is 45.8 Å². The van der Waals surface area contributed by atoms with E-state index in [0.717, 1.165) is 66.0 Å². The number of hydrogen-bond donors (Lipinski definition) is 3. The van der Waals surface area contributed by atoms with Gasteiger partial charge in [0.1, 0.15) is 5.82 Å². The summed E-state index contributed by atoms with van der Waals surface area (Å²) in [6.07, 6.45) is 6.60. The van der Waals surface area contributed by atoms with E-state index in [0.29, 0.717) is 12.1 Å². The summed E-state index contributed by atoms with van der Waals surface area (Å²) in [6.45, 7) is 2.69. The van der Waals surface area contributed by atoms with Crippen molar-refractivity contribution in [2.24, 2.45) is 5.73 Å². The van der Waals surface area contributed by atoms with Crippen molar-refractivity contribution < 1.29 is 4.79 Å². The average Bonchev–Trinajstić information content (AvgIpc) is 3.54. The van der Waals surface area contributed by atoms with Gasteiger partial charge in [-0.2, -0.15) is 9.61 Å². The van der Waals surface area contributed by atoms with E-state index in [1.165, 1.54) is 0 Å². The second-order valence-corrected chi connectivity index (χ2v) is 9.29. The number of nitrogens with one attached hydrogen (secondary N) is 2. The highest BCUT2D eigenvalue weighted by atomic mass is 16.1. The highest BCUT2D eigenvalue weighted by Crippen LogP contribution is 2.25. The number of nitrogens with zero attached hydrogens (tertiary/aromatic N) is 3. The third kappa shape index (κ3) is 5.20. The van der Waals surface area contributed by atoms with Crippen LogP contribution in [0, 0.1) is 0 Å². The summed E-state index contributed by atoms with van der Waals surface area (Å²) in [4.78, 5) is 17.6. The van der Waals surface area contributed by atoms with E-state index < -0.39 is 0 Å². The Morgan fingerprint density at radius 1 is 1.03 bits per heavy atom. The molecule has 0 radical (unpaired) electrons.